The van der Waals surface area contributed by atoms with Crippen molar-refractivity contribution in [3.8, 4) is 0 Å². The van der Waals surface area contributed by atoms with E-state index in [0.717, 1.165) is 11.9 Å². The van der Waals surface area contributed by atoms with Gasteiger partial charge in [0.2, 0.25) is 11.7 Å². The van der Waals surface area contributed by atoms with Gasteiger partial charge in [0.1, 0.15) is 0 Å². The lowest BCUT2D eigenvalue weighted by molar-refractivity contribution is -0.120. The highest BCUT2D eigenvalue weighted by Crippen LogP contribution is 2.21. The van der Waals surface area contributed by atoms with Crippen LogP contribution in [0.3, 0.4) is 0 Å². The fraction of sp³-hybridized carbons (Fsp3) is 0.412. The van der Waals surface area contributed by atoms with E-state index >= 15 is 0 Å². The van der Waals surface area contributed by atoms with Crippen molar-refractivity contribution < 1.29 is 4.79 Å². The van der Waals surface area contributed by atoms with Crippen LogP contribution in [-0.4, -0.2) is 36.4 Å². The van der Waals surface area contributed by atoms with Crippen LogP contribution in [0.25, 0.3) is 16.7 Å². The third-order valence-corrected chi connectivity index (χ3v) is 5.22. The summed E-state index contributed by atoms with van der Waals surface area (Å²) in [7, 11) is 1.67. The predicted octanol–water partition coefficient (Wildman–Crippen LogP) is 1.98. The maximum atomic E-state index is 12.4. The molecule has 2 aromatic heterocycles. The lowest BCUT2D eigenvalue weighted by Gasteiger charge is -2.24. The molecule has 1 N–H and O–H groups in total. The largest absolute Gasteiger partial charge is 0.351 e. The molecular formula is C17H21N5O2S. The minimum absolute atomic E-state index is 0.0530. The van der Waals surface area contributed by atoms with Gasteiger partial charge in [-0.15, -0.1) is 10.2 Å². The quantitative estimate of drug-likeness (QED) is 0.705. The van der Waals surface area contributed by atoms with Crippen LogP contribution in [-0.2, 0) is 11.8 Å². The summed E-state index contributed by atoms with van der Waals surface area (Å²) in [5.74, 6) is 0.643. The fourth-order valence-electron chi connectivity index (χ4n) is 2.54. The Hall–Kier alpha value is -2.35. The average molecular weight is 359 g/mol. The third-order valence-electron chi connectivity index (χ3n) is 4.29. The van der Waals surface area contributed by atoms with Crippen LogP contribution in [0.5, 0.6) is 0 Å². The van der Waals surface area contributed by atoms with Crippen LogP contribution >= 0.6 is 11.8 Å². The van der Waals surface area contributed by atoms with Gasteiger partial charge >= 0.3 is 0 Å². The SMILES string of the molecule is CCC(C)(C)NC(=O)CSc1nnc2n(C)c(=O)c3ccccc3n12. The third kappa shape index (κ3) is 3.26. The van der Waals surface area contributed by atoms with Crippen LogP contribution in [0.1, 0.15) is 27.2 Å². The van der Waals surface area contributed by atoms with Gasteiger partial charge in [-0.1, -0.05) is 30.8 Å². The predicted molar refractivity (Wildman–Crippen MR) is 99.0 cm³/mol. The zero-order chi connectivity index (χ0) is 18.2. The van der Waals surface area contributed by atoms with Gasteiger partial charge in [-0.2, -0.15) is 0 Å². The maximum absolute atomic E-state index is 12.4. The number of rotatable bonds is 5. The summed E-state index contributed by atoms with van der Waals surface area (Å²) in [5.41, 5.74) is 0.387. The molecule has 0 aliphatic heterocycles. The normalized spacial score (nSPS) is 12.0. The zero-order valence-electron chi connectivity index (χ0n) is 14.7. The van der Waals surface area contributed by atoms with Gasteiger partial charge in [0.05, 0.1) is 16.7 Å². The molecule has 0 aliphatic carbocycles. The van der Waals surface area contributed by atoms with Crippen molar-refractivity contribution in [2.45, 2.75) is 37.9 Å². The molecule has 0 saturated carbocycles. The Labute approximate surface area is 149 Å². The molecular weight excluding hydrogens is 338 g/mol. The molecule has 1 aromatic carbocycles. The van der Waals surface area contributed by atoms with E-state index in [-0.39, 0.29) is 22.8 Å². The standard InChI is InChI=1S/C17H21N5O2S/c1-5-17(2,3)18-13(23)10-25-16-20-19-15-21(4)14(24)11-8-6-7-9-12(11)22(15)16/h6-9H,5,10H2,1-4H3,(H,18,23). The Bertz CT molecular complexity index is 1010. The number of fused-ring (bicyclic) bond motifs is 3. The molecule has 1 amide bonds. The second-order valence-electron chi connectivity index (χ2n) is 6.57. The van der Waals surface area contributed by atoms with Crippen molar-refractivity contribution in [2.24, 2.45) is 7.05 Å². The number of aryl methyl sites for hydroxylation is 1. The molecule has 3 aromatic rings. The lowest BCUT2D eigenvalue weighted by atomic mass is 10.0. The molecule has 0 unspecified atom stereocenters. The van der Waals surface area contributed by atoms with Gasteiger partial charge in [-0.05, 0) is 32.4 Å². The number of para-hydroxylation sites is 1. The Balaban J connectivity index is 1.96. The molecule has 0 fully saturated rings. The number of hydrogen-bond donors (Lipinski definition) is 1. The van der Waals surface area contributed by atoms with Gasteiger partial charge < -0.3 is 5.32 Å². The number of thioether (sulfide) groups is 1. The molecule has 25 heavy (non-hydrogen) atoms. The van der Waals surface area contributed by atoms with Gasteiger partial charge in [0.25, 0.3) is 5.56 Å². The lowest BCUT2D eigenvalue weighted by Crippen LogP contribution is -2.43. The summed E-state index contributed by atoms with van der Waals surface area (Å²) >= 11 is 1.31. The van der Waals surface area contributed by atoms with E-state index in [4.69, 9.17) is 0 Å². The smallest absolute Gasteiger partial charge is 0.262 e. The highest BCUT2D eigenvalue weighted by atomic mass is 32.2. The number of hydrogen-bond acceptors (Lipinski definition) is 5. The summed E-state index contributed by atoms with van der Waals surface area (Å²) in [5, 5.41) is 12.5. The van der Waals surface area contributed by atoms with E-state index in [9.17, 15) is 9.59 Å². The van der Waals surface area contributed by atoms with E-state index in [1.54, 1.807) is 13.1 Å². The van der Waals surface area contributed by atoms with Crippen molar-refractivity contribution >= 4 is 34.3 Å². The van der Waals surface area contributed by atoms with E-state index in [2.05, 4.69) is 15.5 Å². The molecule has 0 radical (unpaired) electrons. The van der Waals surface area contributed by atoms with Crippen LogP contribution in [0.4, 0.5) is 0 Å². The number of nitrogens with zero attached hydrogens (tertiary/aromatic N) is 4. The Morgan fingerprint density at radius 2 is 2.00 bits per heavy atom. The first-order valence-corrected chi connectivity index (χ1v) is 9.09. The highest BCUT2D eigenvalue weighted by Gasteiger charge is 2.19. The Kier molecular flexibility index (Phi) is 4.55. The van der Waals surface area contributed by atoms with Crippen LogP contribution in [0.15, 0.2) is 34.2 Å². The van der Waals surface area contributed by atoms with Crippen molar-refractivity contribution in [1.29, 1.82) is 0 Å². The topological polar surface area (TPSA) is 81.3 Å². The summed E-state index contributed by atoms with van der Waals surface area (Å²) < 4.78 is 3.29. The number of aromatic nitrogens is 4. The zero-order valence-corrected chi connectivity index (χ0v) is 15.6. The summed E-state index contributed by atoms with van der Waals surface area (Å²) in [6.07, 6.45) is 0.851. The van der Waals surface area contributed by atoms with E-state index in [1.807, 2.05) is 43.4 Å². The molecule has 0 saturated heterocycles. The second kappa shape index (κ2) is 6.51. The average Bonchev–Trinajstić information content (AvgIpc) is 3.02. The first-order chi connectivity index (χ1) is 11.8. The minimum Gasteiger partial charge on any atom is -0.351 e. The number of carbonyl (C=O) groups excluding carboxylic acids is 1. The molecule has 3 rings (SSSR count). The number of amides is 1. The van der Waals surface area contributed by atoms with Gasteiger partial charge in [-0.3, -0.25) is 18.6 Å². The Morgan fingerprint density at radius 1 is 1.28 bits per heavy atom. The van der Waals surface area contributed by atoms with Crippen LogP contribution in [0.2, 0.25) is 0 Å². The number of nitrogens with one attached hydrogen (secondary N) is 1. The van der Waals surface area contributed by atoms with Crippen molar-refractivity contribution in [3.05, 3.63) is 34.6 Å². The maximum Gasteiger partial charge on any atom is 0.262 e. The molecule has 7 nitrogen and oxygen atoms in total. The first kappa shape index (κ1) is 17.5. The second-order valence-corrected chi connectivity index (χ2v) is 7.52. The molecule has 0 atom stereocenters. The highest BCUT2D eigenvalue weighted by molar-refractivity contribution is 7.99. The van der Waals surface area contributed by atoms with E-state index in [1.165, 1.54) is 16.3 Å². The summed E-state index contributed by atoms with van der Waals surface area (Å²) in [6, 6.07) is 7.33. The fourth-order valence-corrected chi connectivity index (χ4v) is 3.28. The van der Waals surface area contributed by atoms with E-state index < -0.39 is 0 Å². The van der Waals surface area contributed by atoms with Crippen molar-refractivity contribution in [2.75, 3.05) is 5.75 Å². The first-order valence-electron chi connectivity index (χ1n) is 8.11. The van der Waals surface area contributed by atoms with Crippen molar-refractivity contribution in [1.82, 2.24) is 24.5 Å². The number of benzene rings is 1. The van der Waals surface area contributed by atoms with E-state index in [0.29, 0.717) is 16.3 Å². The molecule has 0 aliphatic rings. The van der Waals surface area contributed by atoms with Gasteiger partial charge in [-0.25, -0.2) is 0 Å². The van der Waals surface area contributed by atoms with Gasteiger partial charge in [0.15, 0.2) is 5.16 Å². The monoisotopic (exact) mass is 359 g/mol. The van der Waals surface area contributed by atoms with Gasteiger partial charge in [0, 0.05) is 12.6 Å². The van der Waals surface area contributed by atoms with Crippen molar-refractivity contribution in [3.63, 3.8) is 0 Å². The van der Waals surface area contributed by atoms with Crippen LogP contribution < -0.4 is 10.9 Å². The summed E-state index contributed by atoms with van der Waals surface area (Å²) in [6.45, 7) is 6.02. The molecule has 2 heterocycles. The minimum atomic E-state index is -0.235. The van der Waals surface area contributed by atoms with Crippen LogP contribution in [0, 0.1) is 0 Å². The Morgan fingerprint density at radius 3 is 2.72 bits per heavy atom. The molecule has 8 heteroatoms. The molecule has 0 bridgehead atoms. The molecule has 0 spiro atoms. The summed E-state index contributed by atoms with van der Waals surface area (Å²) in [4.78, 5) is 24.6. The number of carbonyl (C=O) groups is 1. The molecule has 132 valence electrons.